The first-order valence-electron chi connectivity index (χ1n) is 9.50. The number of hydrogen-bond acceptors (Lipinski definition) is 5. The maximum atomic E-state index is 13.0. The predicted molar refractivity (Wildman–Crippen MR) is 110 cm³/mol. The first-order chi connectivity index (χ1) is 14.3. The monoisotopic (exact) mass is 434 g/mol. The number of sulfonamides is 1. The van der Waals surface area contributed by atoms with E-state index in [1.807, 2.05) is 0 Å². The lowest BCUT2D eigenvalue weighted by molar-refractivity contribution is -0.120. The number of amides is 1. The second-order valence-corrected chi connectivity index (χ2v) is 9.09. The van der Waals surface area contributed by atoms with Crippen LogP contribution in [0.25, 0.3) is 0 Å². The molecule has 9 heteroatoms. The van der Waals surface area contributed by atoms with E-state index in [2.05, 4.69) is 10.1 Å². The van der Waals surface area contributed by atoms with E-state index < -0.39 is 21.8 Å². The molecule has 2 aromatic carbocycles. The van der Waals surface area contributed by atoms with Gasteiger partial charge < -0.3 is 10.1 Å². The molecule has 30 heavy (non-hydrogen) atoms. The van der Waals surface area contributed by atoms with Crippen molar-refractivity contribution < 1.29 is 27.1 Å². The highest BCUT2D eigenvalue weighted by Crippen LogP contribution is 2.23. The number of ether oxygens (including phenoxy) is 1. The average Bonchev–Trinajstić information content (AvgIpc) is 2.75. The van der Waals surface area contributed by atoms with E-state index in [0.29, 0.717) is 29.7 Å². The molecule has 1 aliphatic heterocycles. The smallest absolute Gasteiger partial charge is 0.337 e. The molecule has 0 spiro atoms. The van der Waals surface area contributed by atoms with Gasteiger partial charge in [-0.1, -0.05) is 18.2 Å². The number of methoxy groups -OCH3 is 1. The zero-order valence-electron chi connectivity index (χ0n) is 16.5. The van der Waals surface area contributed by atoms with Gasteiger partial charge in [-0.05, 0) is 48.7 Å². The molecule has 1 aliphatic rings. The Morgan fingerprint density at radius 2 is 1.80 bits per heavy atom. The Hall–Kier alpha value is -2.78. The fourth-order valence-corrected chi connectivity index (χ4v) is 4.93. The highest BCUT2D eigenvalue weighted by Gasteiger charge is 2.31. The summed E-state index contributed by atoms with van der Waals surface area (Å²) in [5.74, 6) is -1.66. The number of nitrogens with zero attached hydrogens (tertiary/aromatic N) is 1. The minimum Gasteiger partial charge on any atom is -0.465 e. The second kappa shape index (κ2) is 9.36. The number of rotatable bonds is 6. The first-order valence-corrected chi connectivity index (χ1v) is 11.1. The Bertz CT molecular complexity index is 1020. The van der Waals surface area contributed by atoms with Crippen LogP contribution in [0.4, 0.5) is 10.1 Å². The van der Waals surface area contributed by atoms with Gasteiger partial charge in [0.2, 0.25) is 15.9 Å². The van der Waals surface area contributed by atoms with E-state index >= 15 is 0 Å². The molecule has 0 bridgehead atoms. The molecule has 2 aromatic rings. The summed E-state index contributed by atoms with van der Waals surface area (Å²) < 4.78 is 44.3. The van der Waals surface area contributed by atoms with Gasteiger partial charge in [-0.3, -0.25) is 4.79 Å². The van der Waals surface area contributed by atoms with E-state index in [9.17, 15) is 22.4 Å². The largest absolute Gasteiger partial charge is 0.465 e. The van der Waals surface area contributed by atoms with Gasteiger partial charge in [-0.15, -0.1) is 0 Å². The van der Waals surface area contributed by atoms with Crippen LogP contribution in [0.5, 0.6) is 0 Å². The number of nitrogens with one attached hydrogen (secondary N) is 1. The molecule has 0 aromatic heterocycles. The summed E-state index contributed by atoms with van der Waals surface area (Å²) >= 11 is 0. The number of anilines is 1. The van der Waals surface area contributed by atoms with Gasteiger partial charge >= 0.3 is 5.97 Å². The van der Waals surface area contributed by atoms with Crippen molar-refractivity contribution in [2.75, 3.05) is 25.5 Å². The normalized spacial score (nSPS) is 15.5. The molecule has 7 nitrogen and oxygen atoms in total. The Balaban J connectivity index is 1.56. The van der Waals surface area contributed by atoms with Gasteiger partial charge in [0.25, 0.3) is 0 Å². The number of esters is 1. The van der Waals surface area contributed by atoms with Gasteiger partial charge in [0.15, 0.2) is 0 Å². The molecule has 0 radical (unpaired) electrons. The van der Waals surface area contributed by atoms with Crippen LogP contribution < -0.4 is 5.32 Å². The van der Waals surface area contributed by atoms with Crippen LogP contribution in [-0.4, -0.2) is 44.8 Å². The van der Waals surface area contributed by atoms with Crippen LogP contribution >= 0.6 is 0 Å². The van der Waals surface area contributed by atoms with Crippen LogP contribution in [0.15, 0.2) is 48.5 Å². The number of piperidine rings is 1. The zero-order chi connectivity index (χ0) is 21.7. The van der Waals surface area contributed by atoms with Gasteiger partial charge in [0.1, 0.15) is 5.82 Å². The molecular weight excluding hydrogens is 411 g/mol. The van der Waals surface area contributed by atoms with Crippen LogP contribution in [-0.2, 0) is 25.3 Å². The quantitative estimate of drug-likeness (QED) is 0.706. The highest BCUT2D eigenvalue weighted by molar-refractivity contribution is 7.88. The molecule has 160 valence electrons. The third kappa shape index (κ3) is 5.43. The first kappa shape index (κ1) is 21.9. The minimum absolute atomic E-state index is 0.204. The van der Waals surface area contributed by atoms with Crippen molar-refractivity contribution in [1.29, 1.82) is 0 Å². The molecule has 0 atom stereocenters. The molecule has 1 amide bonds. The topological polar surface area (TPSA) is 92.8 Å². The molecule has 1 saturated heterocycles. The fraction of sp³-hybridized carbons (Fsp3) is 0.333. The van der Waals surface area contributed by atoms with Crippen molar-refractivity contribution in [2.24, 2.45) is 5.92 Å². The molecule has 0 saturated carbocycles. The summed E-state index contributed by atoms with van der Waals surface area (Å²) in [6, 6.07) is 11.8. The number of carbonyl (C=O) groups excluding carboxylic acids is 2. The lowest BCUT2D eigenvalue weighted by atomic mass is 9.97. The van der Waals surface area contributed by atoms with Crippen LogP contribution in [0.3, 0.4) is 0 Å². The Morgan fingerprint density at radius 3 is 2.43 bits per heavy atom. The summed E-state index contributed by atoms with van der Waals surface area (Å²) in [5.41, 5.74) is 1.33. The Labute approximate surface area is 174 Å². The van der Waals surface area contributed by atoms with Crippen LogP contribution in [0.1, 0.15) is 28.8 Å². The van der Waals surface area contributed by atoms with Crippen molar-refractivity contribution in [3.63, 3.8) is 0 Å². The third-order valence-corrected chi connectivity index (χ3v) is 6.88. The molecular formula is C21H23FN2O5S. The predicted octanol–water partition coefficient (Wildman–Crippen LogP) is 2.79. The van der Waals surface area contributed by atoms with Crippen molar-refractivity contribution in [2.45, 2.75) is 18.6 Å². The van der Waals surface area contributed by atoms with Gasteiger partial charge in [0, 0.05) is 24.7 Å². The van der Waals surface area contributed by atoms with E-state index in [0.717, 1.165) is 0 Å². The number of hydrogen-bond donors (Lipinski definition) is 1. The van der Waals surface area contributed by atoms with Crippen LogP contribution in [0.2, 0.25) is 0 Å². The van der Waals surface area contributed by atoms with E-state index in [-0.39, 0.29) is 30.7 Å². The Morgan fingerprint density at radius 1 is 1.13 bits per heavy atom. The molecule has 1 fully saturated rings. The zero-order valence-corrected chi connectivity index (χ0v) is 17.3. The summed E-state index contributed by atoms with van der Waals surface area (Å²) in [7, 11) is -2.26. The third-order valence-electron chi connectivity index (χ3n) is 5.03. The highest BCUT2D eigenvalue weighted by atomic mass is 32.2. The molecule has 1 N–H and O–H groups in total. The summed E-state index contributed by atoms with van der Waals surface area (Å²) in [6.45, 7) is 0.480. The molecule has 3 rings (SSSR count). The number of benzene rings is 2. The van der Waals surface area contributed by atoms with E-state index in [4.69, 9.17) is 0 Å². The maximum Gasteiger partial charge on any atom is 0.337 e. The van der Waals surface area contributed by atoms with Gasteiger partial charge in [-0.25, -0.2) is 21.9 Å². The maximum absolute atomic E-state index is 13.0. The molecule has 1 heterocycles. The van der Waals surface area contributed by atoms with Gasteiger partial charge in [0.05, 0.1) is 18.4 Å². The lowest BCUT2D eigenvalue weighted by Crippen LogP contribution is -2.41. The van der Waals surface area contributed by atoms with Crippen LogP contribution in [0, 0.1) is 11.7 Å². The standard InChI is InChI=1S/C21H23FN2O5S/c1-29-21(26)17-3-2-4-19(13-17)23-20(25)16-9-11-24(12-10-16)30(27,28)14-15-5-7-18(22)8-6-15/h2-8,13,16H,9-12,14H2,1H3,(H,23,25). The minimum atomic E-state index is -3.55. The summed E-state index contributed by atoms with van der Waals surface area (Å²) in [6.07, 6.45) is 0.788. The SMILES string of the molecule is COC(=O)c1cccc(NC(=O)C2CCN(S(=O)(=O)Cc3ccc(F)cc3)CC2)c1. The van der Waals surface area contributed by atoms with Crippen molar-refractivity contribution in [3.05, 3.63) is 65.5 Å². The number of halogens is 1. The van der Waals surface area contributed by atoms with E-state index in [1.165, 1.54) is 41.7 Å². The van der Waals surface area contributed by atoms with Gasteiger partial charge in [-0.2, -0.15) is 0 Å². The molecule has 0 aliphatic carbocycles. The second-order valence-electron chi connectivity index (χ2n) is 7.12. The van der Waals surface area contributed by atoms with Crippen molar-refractivity contribution in [1.82, 2.24) is 4.31 Å². The van der Waals surface area contributed by atoms with Crippen molar-refractivity contribution >= 4 is 27.6 Å². The summed E-state index contributed by atoms with van der Waals surface area (Å²) in [5, 5.41) is 2.78. The Kier molecular flexibility index (Phi) is 6.84. The fourth-order valence-electron chi connectivity index (χ4n) is 3.36. The summed E-state index contributed by atoms with van der Waals surface area (Å²) in [4.78, 5) is 24.2. The average molecular weight is 434 g/mol. The number of carbonyl (C=O) groups is 2. The molecule has 0 unspecified atom stereocenters. The van der Waals surface area contributed by atoms with Crippen molar-refractivity contribution in [3.8, 4) is 0 Å². The van der Waals surface area contributed by atoms with E-state index in [1.54, 1.807) is 18.2 Å². The lowest BCUT2D eigenvalue weighted by Gasteiger charge is -2.30.